The lowest BCUT2D eigenvalue weighted by atomic mass is 9.99. The smallest absolute Gasteiger partial charge is 0.416 e. The zero-order chi connectivity index (χ0) is 22.9. The van der Waals surface area contributed by atoms with Crippen molar-refractivity contribution in [1.29, 1.82) is 0 Å². The molecular formula is C23H22F3N3O2S. The van der Waals surface area contributed by atoms with Crippen molar-refractivity contribution in [2.75, 3.05) is 26.1 Å². The van der Waals surface area contributed by atoms with Gasteiger partial charge in [-0.1, -0.05) is 12.1 Å². The first-order valence-corrected chi connectivity index (χ1v) is 10.3. The Kier molecular flexibility index (Phi) is 6.01. The minimum atomic E-state index is -4.42. The van der Waals surface area contributed by atoms with E-state index in [9.17, 15) is 13.2 Å². The minimum absolute atomic E-state index is 0.246. The first kappa shape index (κ1) is 22.0. The van der Waals surface area contributed by atoms with Gasteiger partial charge in [-0.25, -0.2) is 0 Å². The highest BCUT2D eigenvalue weighted by Crippen LogP contribution is 2.38. The second kappa shape index (κ2) is 8.74. The van der Waals surface area contributed by atoms with E-state index in [1.165, 1.54) is 6.07 Å². The van der Waals surface area contributed by atoms with Crippen molar-refractivity contribution in [2.24, 2.45) is 0 Å². The van der Waals surface area contributed by atoms with Crippen LogP contribution in [-0.4, -0.2) is 35.3 Å². The average Bonchev–Trinajstić information content (AvgIpc) is 3.26. The molecule has 0 saturated heterocycles. The van der Waals surface area contributed by atoms with E-state index in [4.69, 9.17) is 21.7 Å². The molecule has 168 valence electrons. The summed E-state index contributed by atoms with van der Waals surface area (Å²) in [4.78, 5) is 1.98. The number of fused-ring (bicyclic) bond motifs is 1. The van der Waals surface area contributed by atoms with Gasteiger partial charge in [0.15, 0.2) is 16.6 Å². The summed E-state index contributed by atoms with van der Waals surface area (Å²) in [6.45, 7) is 1.29. The van der Waals surface area contributed by atoms with Gasteiger partial charge in [-0.2, -0.15) is 13.2 Å². The summed E-state index contributed by atoms with van der Waals surface area (Å²) in [5.74, 6) is 1.20. The van der Waals surface area contributed by atoms with Gasteiger partial charge < -0.3 is 24.3 Å². The Morgan fingerprint density at radius 2 is 1.78 bits per heavy atom. The van der Waals surface area contributed by atoms with Gasteiger partial charge in [0.2, 0.25) is 0 Å². The van der Waals surface area contributed by atoms with Gasteiger partial charge in [-0.15, -0.1) is 0 Å². The molecule has 1 N–H and O–H groups in total. The van der Waals surface area contributed by atoms with Crippen LogP contribution in [0.1, 0.15) is 22.9 Å². The van der Waals surface area contributed by atoms with E-state index in [1.807, 2.05) is 41.4 Å². The van der Waals surface area contributed by atoms with E-state index in [1.54, 1.807) is 20.3 Å². The number of aromatic nitrogens is 1. The topological polar surface area (TPSA) is 38.7 Å². The molecule has 5 nitrogen and oxygen atoms in total. The Morgan fingerprint density at radius 1 is 1.00 bits per heavy atom. The molecule has 1 aliphatic heterocycles. The highest BCUT2D eigenvalue weighted by molar-refractivity contribution is 7.80. The molecule has 0 amide bonds. The summed E-state index contributed by atoms with van der Waals surface area (Å²) in [6, 6.07) is 14.4. The molecule has 3 aromatic rings. The fourth-order valence-electron chi connectivity index (χ4n) is 3.94. The zero-order valence-electron chi connectivity index (χ0n) is 17.5. The second-order valence-corrected chi connectivity index (χ2v) is 7.73. The lowest BCUT2D eigenvalue weighted by molar-refractivity contribution is -0.137. The number of rotatable bonds is 4. The van der Waals surface area contributed by atoms with E-state index >= 15 is 0 Å². The van der Waals surface area contributed by atoms with E-state index in [-0.39, 0.29) is 11.7 Å². The molecule has 1 atom stereocenters. The monoisotopic (exact) mass is 461 g/mol. The average molecular weight is 462 g/mol. The Labute approximate surface area is 189 Å². The van der Waals surface area contributed by atoms with E-state index < -0.39 is 11.7 Å². The van der Waals surface area contributed by atoms with Crippen LogP contribution >= 0.6 is 12.2 Å². The standard InChI is InChI=1S/C23H22F3N3O2S/c1-30-19-9-8-15(13-20(19)31-2)21-18-7-4-10-28(18)11-12-29(21)22(32)27-17-6-3-5-16(14-17)23(24,25)26/h3-10,13-14,21H,11-12H2,1-2H3,(H,27,32)/t21-/m1/s1. The molecule has 0 bridgehead atoms. The molecule has 2 heterocycles. The maximum Gasteiger partial charge on any atom is 0.416 e. The number of nitrogens with one attached hydrogen (secondary N) is 1. The maximum absolute atomic E-state index is 13.1. The van der Waals surface area contributed by atoms with E-state index in [0.717, 1.165) is 23.4 Å². The number of nitrogens with zero attached hydrogens (tertiary/aromatic N) is 2. The van der Waals surface area contributed by atoms with Gasteiger partial charge in [-0.05, 0) is 60.2 Å². The number of thiocarbonyl (C=S) groups is 1. The number of hydrogen-bond donors (Lipinski definition) is 1. The van der Waals surface area contributed by atoms with Gasteiger partial charge in [0.1, 0.15) is 0 Å². The minimum Gasteiger partial charge on any atom is -0.493 e. The Balaban J connectivity index is 1.68. The predicted octanol–water partition coefficient (Wildman–Crippen LogP) is 5.33. The Morgan fingerprint density at radius 3 is 2.50 bits per heavy atom. The summed E-state index contributed by atoms with van der Waals surface area (Å²) in [5.41, 5.74) is 1.51. The molecule has 0 radical (unpaired) electrons. The van der Waals surface area contributed by atoms with Gasteiger partial charge in [-0.3, -0.25) is 0 Å². The number of alkyl halides is 3. The van der Waals surface area contributed by atoms with Crippen LogP contribution in [0.3, 0.4) is 0 Å². The molecule has 1 aliphatic rings. The second-order valence-electron chi connectivity index (χ2n) is 7.35. The van der Waals surface area contributed by atoms with E-state index in [0.29, 0.717) is 29.7 Å². The van der Waals surface area contributed by atoms with Gasteiger partial charge in [0.05, 0.1) is 25.8 Å². The van der Waals surface area contributed by atoms with Gasteiger partial charge in [0, 0.05) is 30.7 Å². The Hall–Kier alpha value is -3.20. The van der Waals surface area contributed by atoms with Crippen molar-refractivity contribution >= 4 is 23.0 Å². The molecule has 1 aromatic heterocycles. The summed E-state index contributed by atoms with van der Waals surface area (Å²) >= 11 is 5.65. The summed E-state index contributed by atoms with van der Waals surface area (Å²) < 4.78 is 52.3. The largest absolute Gasteiger partial charge is 0.493 e. The van der Waals surface area contributed by atoms with Crippen molar-refractivity contribution in [1.82, 2.24) is 9.47 Å². The van der Waals surface area contributed by atoms with Crippen LogP contribution in [0.5, 0.6) is 11.5 Å². The highest BCUT2D eigenvalue weighted by atomic mass is 32.1. The third-order valence-corrected chi connectivity index (χ3v) is 5.80. The van der Waals surface area contributed by atoms with Crippen LogP contribution in [0.2, 0.25) is 0 Å². The SMILES string of the molecule is COc1ccc([C@@H]2c3cccn3CCN2C(=S)Nc2cccc(C(F)(F)F)c2)cc1OC. The van der Waals surface area contributed by atoms with Crippen molar-refractivity contribution in [3.63, 3.8) is 0 Å². The van der Waals surface area contributed by atoms with E-state index in [2.05, 4.69) is 9.88 Å². The van der Waals surface area contributed by atoms with Crippen LogP contribution < -0.4 is 14.8 Å². The van der Waals surface area contributed by atoms with Gasteiger partial charge in [0.25, 0.3) is 0 Å². The molecule has 0 saturated carbocycles. The molecular weight excluding hydrogens is 439 g/mol. The van der Waals surface area contributed by atoms with Crippen LogP contribution in [0, 0.1) is 0 Å². The zero-order valence-corrected chi connectivity index (χ0v) is 18.3. The number of halogens is 3. The third-order valence-electron chi connectivity index (χ3n) is 5.46. The molecule has 0 spiro atoms. The lowest BCUT2D eigenvalue weighted by Gasteiger charge is -2.39. The highest BCUT2D eigenvalue weighted by Gasteiger charge is 2.33. The molecule has 9 heteroatoms. The fraction of sp³-hybridized carbons (Fsp3) is 0.261. The Bertz CT molecular complexity index is 1130. The molecule has 0 fully saturated rings. The van der Waals surface area contributed by atoms with Crippen molar-refractivity contribution in [3.8, 4) is 11.5 Å². The molecule has 32 heavy (non-hydrogen) atoms. The number of anilines is 1. The predicted molar refractivity (Wildman–Crippen MR) is 120 cm³/mol. The fourth-order valence-corrected chi connectivity index (χ4v) is 4.26. The molecule has 4 rings (SSSR count). The molecule has 0 aliphatic carbocycles. The third kappa shape index (κ3) is 4.25. The first-order valence-electron chi connectivity index (χ1n) is 9.93. The van der Waals surface area contributed by atoms with Crippen molar-refractivity contribution < 1.29 is 22.6 Å². The summed E-state index contributed by atoms with van der Waals surface area (Å²) in [5, 5.41) is 3.33. The molecule has 0 unspecified atom stereocenters. The van der Waals surface area contributed by atoms with Crippen LogP contribution in [-0.2, 0) is 12.7 Å². The van der Waals surface area contributed by atoms with Gasteiger partial charge >= 0.3 is 6.18 Å². The number of benzene rings is 2. The summed E-state index contributed by atoms with van der Waals surface area (Å²) in [6.07, 6.45) is -2.42. The van der Waals surface area contributed by atoms with Crippen LogP contribution in [0.15, 0.2) is 60.8 Å². The number of ether oxygens (including phenoxy) is 2. The molecule has 2 aromatic carbocycles. The normalized spacial score (nSPS) is 15.8. The van der Waals surface area contributed by atoms with Crippen molar-refractivity contribution in [2.45, 2.75) is 18.8 Å². The maximum atomic E-state index is 13.1. The first-order chi connectivity index (χ1) is 15.3. The van der Waals surface area contributed by atoms with Crippen LogP contribution in [0.25, 0.3) is 0 Å². The number of methoxy groups -OCH3 is 2. The lowest BCUT2D eigenvalue weighted by Crippen LogP contribution is -2.44. The van der Waals surface area contributed by atoms with Crippen LogP contribution in [0.4, 0.5) is 18.9 Å². The van der Waals surface area contributed by atoms with Crippen molar-refractivity contribution in [3.05, 3.63) is 77.6 Å². The summed E-state index contributed by atoms with van der Waals surface area (Å²) in [7, 11) is 3.15. The quantitative estimate of drug-likeness (QED) is 0.532. The number of hydrogen-bond acceptors (Lipinski definition) is 3.